The van der Waals surface area contributed by atoms with Gasteiger partial charge in [0.15, 0.2) is 11.5 Å². The summed E-state index contributed by atoms with van der Waals surface area (Å²) in [5.41, 5.74) is 1.16. The zero-order valence-electron chi connectivity index (χ0n) is 21.8. The maximum absolute atomic E-state index is 13.3. The standard InChI is InChI=1S/C28H41N3O5/c1-4-13-31(36-16-5-2)28(33)19-30-18-23(21-10-11-25-26(17-21)35-20-34-25)22(6-3)24(30)12-15-29-14-8-7-9-27(29)32/h6,10-11,17,22-24H,3-5,7-9,12-16,18-20H2,1-2H3/t22-,23-,24+/m1/s1. The van der Waals surface area contributed by atoms with Crippen LogP contribution in [0.3, 0.4) is 0 Å². The lowest BCUT2D eigenvalue weighted by Crippen LogP contribution is -2.45. The number of nitrogens with zero attached hydrogens (tertiary/aromatic N) is 3. The number of fused-ring (bicyclic) bond motifs is 1. The third-order valence-electron chi connectivity index (χ3n) is 7.52. The molecule has 3 aliphatic rings. The smallest absolute Gasteiger partial charge is 0.260 e. The van der Waals surface area contributed by atoms with Crippen LogP contribution in [0.15, 0.2) is 30.9 Å². The van der Waals surface area contributed by atoms with Gasteiger partial charge in [-0.05, 0) is 49.8 Å². The fraction of sp³-hybridized carbons (Fsp3) is 0.643. The third kappa shape index (κ3) is 6.03. The largest absolute Gasteiger partial charge is 0.454 e. The molecule has 1 aromatic rings. The second kappa shape index (κ2) is 12.6. The van der Waals surface area contributed by atoms with Gasteiger partial charge in [0, 0.05) is 50.5 Å². The van der Waals surface area contributed by atoms with Crippen LogP contribution in [0.4, 0.5) is 0 Å². The summed E-state index contributed by atoms with van der Waals surface area (Å²) in [5, 5.41) is 1.53. The average molecular weight is 500 g/mol. The highest BCUT2D eigenvalue weighted by Gasteiger charge is 2.42. The number of benzene rings is 1. The molecule has 0 radical (unpaired) electrons. The van der Waals surface area contributed by atoms with E-state index in [-0.39, 0.29) is 43.0 Å². The van der Waals surface area contributed by atoms with Crippen LogP contribution in [0.5, 0.6) is 11.5 Å². The summed E-state index contributed by atoms with van der Waals surface area (Å²) in [7, 11) is 0. The predicted octanol–water partition coefficient (Wildman–Crippen LogP) is 3.97. The predicted molar refractivity (Wildman–Crippen MR) is 138 cm³/mol. The number of piperidine rings is 1. The SMILES string of the molecule is C=C[C@@H]1[C@@H](c2ccc3c(c2)OCO3)CN(CC(=O)N(CCC)OCCC)[C@H]1CCN1CCCCC1=O. The number of carbonyl (C=O) groups is 2. The molecule has 0 unspecified atom stereocenters. The van der Waals surface area contributed by atoms with Crippen LogP contribution in [0.2, 0.25) is 0 Å². The Labute approximate surface area is 215 Å². The Hall–Kier alpha value is -2.58. The Balaban J connectivity index is 1.54. The highest BCUT2D eigenvalue weighted by Crippen LogP contribution is 2.43. The van der Waals surface area contributed by atoms with Crippen LogP contribution in [0.1, 0.15) is 63.9 Å². The van der Waals surface area contributed by atoms with Crippen molar-refractivity contribution in [3.63, 3.8) is 0 Å². The molecule has 2 amide bonds. The van der Waals surface area contributed by atoms with Gasteiger partial charge < -0.3 is 14.4 Å². The number of ether oxygens (including phenoxy) is 2. The van der Waals surface area contributed by atoms with Gasteiger partial charge >= 0.3 is 0 Å². The molecule has 2 saturated heterocycles. The van der Waals surface area contributed by atoms with E-state index in [9.17, 15) is 9.59 Å². The summed E-state index contributed by atoms with van der Waals surface area (Å²) >= 11 is 0. The Kier molecular flexibility index (Phi) is 9.26. The molecule has 198 valence electrons. The lowest BCUT2D eigenvalue weighted by molar-refractivity contribution is -0.188. The molecule has 2 fully saturated rings. The van der Waals surface area contributed by atoms with E-state index in [4.69, 9.17) is 14.3 Å². The monoisotopic (exact) mass is 499 g/mol. The molecule has 8 nitrogen and oxygen atoms in total. The van der Waals surface area contributed by atoms with Gasteiger partial charge in [-0.15, -0.1) is 6.58 Å². The van der Waals surface area contributed by atoms with Gasteiger partial charge in [0.2, 0.25) is 12.7 Å². The Morgan fingerprint density at radius 2 is 2.06 bits per heavy atom. The number of hydrogen-bond donors (Lipinski definition) is 0. The van der Waals surface area contributed by atoms with Gasteiger partial charge in [-0.3, -0.25) is 19.3 Å². The Morgan fingerprint density at radius 1 is 1.22 bits per heavy atom. The summed E-state index contributed by atoms with van der Waals surface area (Å²) in [6, 6.07) is 6.23. The lowest BCUT2D eigenvalue weighted by Gasteiger charge is -2.32. The maximum Gasteiger partial charge on any atom is 0.260 e. The van der Waals surface area contributed by atoms with Crippen LogP contribution in [-0.4, -0.2) is 78.8 Å². The first-order valence-corrected chi connectivity index (χ1v) is 13.5. The average Bonchev–Trinajstić information content (AvgIpc) is 3.49. The van der Waals surface area contributed by atoms with E-state index in [0.717, 1.165) is 62.3 Å². The van der Waals surface area contributed by atoms with E-state index in [0.29, 0.717) is 26.1 Å². The quantitative estimate of drug-likeness (QED) is 0.320. The summed E-state index contributed by atoms with van der Waals surface area (Å²) in [6.07, 6.45) is 7.20. The van der Waals surface area contributed by atoms with Gasteiger partial charge in [-0.25, -0.2) is 5.06 Å². The molecule has 3 aliphatic heterocycles. The number of amides is 2. The summed E-state index contributed by atoms with van der Waals surface area (Å²) in [5.74, 6) is 2.08. The van der Waals surface area contributed by atoms with Crippen molar-refractivity contribution in [3.05, 3.63) is 36.4 Å². The third-order valence-corrected chi connectivity index (χ3v) is 7.52. The number of hydroxylamine groups is 2. The van der Waals surface area contributed by atoms with Crippen LogP contribution < -0.4 is 9.47 Å². The molecule has 8 heteroatoms. The summed E-state index contributed by atoms with van der Waals surface area (Å²) in [4.78, 5) is 35.8. The molecule has 0 spiro atoms. The molecule has 0 aromatic heterocycles. The molecule has 3 heterocycles. The molecule has 0 saturated carbocycles. The second-order valence-electron chi connectivity index (χ2n) is 9.98. The van der Waals surface area contributed by atoms with E-state index >= 15 is 0 Å². The first kappa shape index (κ1) is 26.5. The van der Waals surface area contributed by atoms with Crippen LogP contribution in [0.25, 0.3) is 0 Å². The minimum Gasteiger partial charge on any atom is -0.454 e. The summed E-state index contributed by atoms with van der Waals surface area (Å²) in [6.45, 7) is 12.2. The van der Waals surface area contributed by atoms with Crippen molar-refractivity contribution in [2.45, 2.75) is 64.3 Å². The molecule has 0 aliphatic carbocycles. The molecule has 36 heavy (non-hydrogen) atoms. The van der Waals surface area contributed by atoms with E-state index in [1.54, 1.807) is 0 Å². The van der Waals surface area contributed by atoms with Gasteiger partial charge in [-0.1, -0.05) is 26.0 Å². The fourth-order valence-corrected chi connectivity index (χ4v) is 5.68. The molecular weight excluding hydrogens is 458 g/mol. The van der Waals surface area contributed by atoms with Crippen molar-refractivity contribution in [3.8, 4) is 11.5 Å². The second-order valence-corrected chi connectivity index (χ2v) is 9.98. The minimum absolute atomic E-state index is 0.0153. The van der Waals surface area contributed by atoms with Gasteiger partial charge in [-0.2, -0.15) is 0 Å². The lowest BCUT2D eigenvalue weighted by atomic mass is 9.84. The topological polar surface area (TPSA) is 71.6 Å². The number of hydrogen-bond acceptors (Lipinski definition) is 6. The molecule has 3 atom stereocenters. The van der Waals surface area contributed by atoms with Crippen molar-refractivity contribution in [2.75, 3.05) is 46.1 Å². The molecule has 4 rings (SSSR count). The highest BCUT2D eigenvalue weighted by atomic mass is 16.7. The Morgan fingerprint density at radius 3 is 2.81 bits per heavy atom. The zero-order chi connectivity index (χ0) is 25.5. The van der Waals surface area contributed by atoms with Crippen LogP contribution in [-0.2, 0) is 14.4 Å². The Bertz CT molecular complexity index is 922. The van der Waals surface area contributed by atoms with Crippen molar-refractivity contribution in [1.29, 1.82) is 0 Å². The first-order chi connectivity index (χ1) is 17.5. The van der Waals surface area contributed by atoms with E-state index in [1.807, 2.05) is 30.9 Å². The number of likely N-dealkylation sites (tertiary alicyclic amines) is 2. The van der Waals surface area contributed by atoms with E-state index < -0.39 is 0 Å². The number of rotatable bonds is 12. The van der Waals surface area contributed by atoms with Crippen LogP contribution in [0, 0.1) is 5.92 Å². The van der Waals surface area contributed by atoms with E-state index in [1.165, 1.54) is 5.06 Å². The van der Waals surface area contributed by atoms with E-state index in [2.05, 4.69) is 23.6 Å². The van der Waals surface area contributed by atoms with Crippen molar-refractivity contribution in [2.24, 2.45) is 5.92 Å². The van der Waals surface area contributed by atoms with Crippen molar-refractivity contribution in [1.82, 2.24) is 14.9 Å². The first-order valence-electron chi connectivity index (χ1n) is 13.5. The van der Waals surface area contributed by atoms with Gasteiger partial charge in [0.25, 0.3) is 5.91 Å². The van der Waals surface area contributed by atoms with Crippen molar-refractivity contribution < 1.29 is 23.9 Å². The molecule has 0 N–H and O–H groups in total. The minimum atomic E-state index is -0.0153. The molecule has 0 bridgehead atoms. The normalized spacial score (nSPS) is 23.8. The molecular formula is C28H41N3O5. The van der Waals surface area contributed by atoms with Crippen molar-refractivity contribution >= 4 is 11.8 Å². The highest BCUT2D eigenvalue weighted by molar-refractivity contribution is 5.77. The van der Waals surface area contributed by atoms with Gasteiger partial charge in [0.1, 0.15) is 0 Å². The fourth-order valence-electron chi connectivity index (χ4n) is 5.68. The summed E-state index contributed by atoms with van der Waals surface area (Å²) < 4.78 is 11.1. The number of carbonyl (C=O) groups excluding carboxylic acids is 2. The van der Waals surface area contributed by atoms with Crippen LogP contribution >= 0.6 is 0 Å². The van der Waals surface area contributed by atoms with Gasteiger partial charge in [0.05, 0.1) is 13.2 Å². The zero-order valence-corrected chi connectivity index (χ0v) is 21.8. The molecule has 1 aromatic carbocycles. The maximum atomic E-state index is 13.3.